The van der Waals surface area contributed by atoms with Gasteiger partial charge < -0.3 is 10.4 Å². The van der Waals surface area contributed by atoms with Crippen molar-refractivity contribution in [2.24, 2.45) is 0 Å². The van der Waals surface area contributed by atoms with Crippen LogP contribution in [0.5, 0.6) is 0 Å². The first-order chi connectivity index (χ1) is 8.25. The number of nitrogens with zero attached hydrogens (tertiary/aromatic N) is 1. The van der Waals surface area contributed by atoms with Crippen LogP contribution in [0.3, 0.4) is 0 Å². The van der Waals surface area contributed by atoms with Gasteiger partial charge in [-0.2, -0.15) is 11.8 Å². The fourth-order valence-corrected chi connectivity index (χ4v) is 2.15. The second kappa shape index (κ2) is 8.33. The molecule has 2 N–H and O–H groups in total. The molecule has 1 rings (SSSR count). The van der Waals surface area contributed by atoms with E-state index in [1.807, 2.05) is 0 Å². The summed E-state index contributed by atoms with van der Waals surface area (Å²) in [5.74, 6) is 1.55. The molecule has 0 fully saturated rings. The highest BCUT2D eigenvalue weighted by molar-refractivity contribution is 7.99. The number of carbonyl (C=O) groups is 1. The molecule has 0 atom stereocenters. The fraction of sp³-hybridized carbons (Fsp3) is 0.455. The van der Waals surface area contributed by atoms with E-state index in [-0.39, 0.29) is 12.5 Å². The lowest BCUT2D eigenvalue weighted by Crippen LogP contribution is -2.26. The zero-order valence-electron chi connectivity index (χ0n) is 9.36. The topological polar surface area (TPSA) is 62.2 Å². The van der Waals surface area contributed by atoms with Gasteiger partial charge >= 0.3 is 0 Å². The molecule has 1 aromatic heterocycles. The molecule has 0 aromatic carbocycles. The zero-order chi connectivity index (χ0) is 12.5. The Morgan fingerprint density at radius 1 is 1.53 bits per heavy atom. The number of aromatic nitrogens is 1. The number of aliphatic hydroxyl groups is 1. The number of pyridine rings is 1. The summed E-state index contributed by atoms with van der Waals surface area (Å²) in [5.41, 5.74) is 0.446. The lowest BCUT2D eigenvalue weighted by molar-refractivity contribution is 0.0956. The van der Waals surface area contributed by atoms with Gasteiger partial charge in [0.25, 0.3) is 5.91 Å². The van der Waals surface area contributed by atoms with Crippen LogP contribution in [0.2, 0.25) is 5.02 Å². The lowest BCUT2D eigenvalue weighted by Gasteiger charge is -2.05. The van der Waals surface area contributed by atoms with Crippen molar-refractivity contribution in [3.8, 4) is 0 Å². The Morgan fingerprint density at radius 3 is 3.06 bits per heavy atom. The molecular weight excluding hydrogens is 260 g/mol. The highest BCUT2D eigenvalue weighted by Crippen LogP contribution is 2.12. The van der Waals surface area contributed by atoms with Gasteiger partial charge in [0, 0.05) is 31.3 Å². The number of amides is 1. The summed E-state index contributed by atoms with van der Waals surface area (Å²) in [5, 5.41) is 11.7. The molecule has 0 aliphatic carbocycles. The standard InChI is InChI=1S/C11H15ClN2O2S/c12-10-8-13-3-2-9(10)11(16)14-4-7-17-6-1-5-15/h2-3,8,15H,1,4-7H2,(H,14,16). The van der Waals surface area contributed by atoms with Crippen molar-refractivity contribution < 1.29 is 9.90 Å². The van der Waals surface area contributed by atoms with Gasteiger partial charge in [0.1, 0.15) is 0 Å². The highest BCUT2D eigenvalue weighted by Gasteiger charge is 2.08. The number of hydrogen-bond acceptors (Lipinski definition) is 4. The molecule has 1 amide bonds. The van der Waals surface area contributed by atoms with Gasteiger partial charge in [0.2, 0.25) is 0 Å². The predicted octanol–water partition coefficient (Wildman–Crippen LogP) is 1.58. The van der Waals surface area contributed by atoms with Crippen molar-refractivity contribution >= 4 is 29.3 Å². The number of nitrogens with one attached hydrogen (secondary N) is 1. The van der Waals surface area contributed by atoms with E-state index in [1.165, 1.54) is 12.4 Å². The highest BCUT2D eigenvalue weighted by atomic mass is 35.5. The number of rotatable bonds is 7. The normalized spacial score (nSPS) is 10.2. The second-order valence-electron chi connectivity index (χ2n) is 3.30. The van der Waals surface area contributed by atoms with E-state index in [0.29, 0.717) is 17.1 Å². The average molecular weight is 275 g/mol. The van der Waals surface area contributed by atoms with Crippen LogP contribution < -0.4 is 5.32 Å². The van der Waals surface area contributed by atoms with E-state index in [0.717, 1.165) is 17.9 Å². The van der Waals surface area contributed by atoms with Gasteiger partial charge in [-0.1, -0.05) is 11.6 Å². The maximum absolute atomic E-state index is 11.7. The summed E-state index contributed by atoms with van der Waals surface area (Å²) in [6.07, 6.45) is 3.78. The average Bonchev–Trinajstić information content (AvgIpc) is 2.34. The molecule has 0 saturated heterocycles. The number of carbonyl (C=O) groups excluding carboxylic acids is 1. The van der Waals surface area contributed by atoms with Crippen LogP contribution in [0.15, 0.2) is 18.5 Å². The minimum Gasteiger partial charge on any atom is -0.396 e. The molecule has 6 heteroatoms. The number of halogens is 1. The van der Waals surface area contributed by atoms with Gasteiger partial charge in [0.05, 0.1) is 10.6 Å². The van der Waals surface area contributed by atoms with Gasteiger partial charge in [-0.25, -0.2) is 0 Å². The molecule has 0 saturated carbocycles. The molecule has 17 heavy (non-hydrogen) atoms. The first-order valence-corrected chi connectivity index (χ1v) is 6.85. The summed E-state index contributed by atoms with van der Waals surface area (Å²) in [6.45, 7) is 0.805. The maximum Gasteiger partial charge on any atom is 0.252 e. The summed E-state index contributed by atoms with van der Waals surface area (Å²) >= 11 is 7.54. The summed E-state index contributed by atoms with van der Waals surface area (Å²) < 4.78 is 0. The zero-order valence-corrected chi connectivity index (χ0v) is 10.9. The Hall–Kier alpha value is -0.780. The van der Waals surface area contributed by atoms with E-state index in [2.05, 4.69) is 10.3 Å². The van der Waals surface area contributed by atoms with Crippen LogP contribution >= 0.6 is 23.4 Å². The molecule has 0 unspecified atom stereocenters. The van der Waals surface area contributed by atoms with E-state index >= 15 is 0 Å². The molecule has 4 nitrogen and oxygen atoms in total. The molecule has 0 radical (unpaired) electrons. The van der Waals surface area contributed by atoms with Crippen LogP contribution in [-0.4, -0.2) is 40.7 Å². The van der Waals surface area contributed by atoms with Crippen LogP contribution in [-0.2, 0) is 0 Å². The third kappa shape index (κ3) is 5.39. The Labute approximate surface area is 110 Å². The van der Waals surface area contributed by atoms with Crippen molar-refractivity contribution in [2.45, 2.75) is 6.42 Å². The van der Waals surface area contributed by atoms with Gasteiger partial charge in [-0.3, -0.25) is 9.78 Å². The lowest BCUT2D eigenvalue weighted by atomic mass is 10.2. The maximum atomic E-state index is 11.7. The minimum absolute atomic E-state index is 0.180. The van der Waals surface area contributed by atoms with Crippen LogP contribution in [0.25, 0.3) is 0 Å². The predicted molar refractivity (Wildman–Crippen MR) is 70.6 cm³/mol. The molecule has 94 valence electrons. The third-order valence-electron chi connectivity index (χ3n) is 2.00. The second-order valence-corrected chi connectivity index (χ2v) is 4.93. The summed E-state index contributed by atoms with van der Waals surface area (Å²) in [6, 6.07) is 1.59. The molecule has 0 aliphatic heterocycles. The Balaban J connectivity index is 2.24. The van der Waals surface area contributed by atoms with E-state index in [1.54, 1.807) is 17.8 Å². The SMILES string of the molecule is O=C(NCCSCCCO)c1ccncc1Cl. The Kier molecular flexibility index (Phi) is 7.00. The molecule has 0 bridgehead atoms. The molecule has 0 aliphatic rings. The van der Waals surface area contributed by atoms with Crippen molar-refractivity contribution in [1.29, 1.82) is 0 Å². The summed E-state index contributed by atoms with van der Waals surface area (Å²) in [7, 11) is 0. The first-order valence-electron chi connectivity index (χ1n) is 5.32. The minimum atomic E-state index is -0.180. The summed E-state index contributed by atoms with van der Waals surface area (Å²) in [4.78, 5) is 15.5. The molecule has 1 aromatic rings. The largest absolute Gasteiger partial charge is 0.396 e. The van der Waals surface area contributed by atoms with Crippen LogP contribution in [0, 0.1) is 0 Å². The third-order valence-corrected chi connectivity index (χ3v) is 3.37. The smallest absolute Gasteiger partial charge is 0.252 e. The van der Waals surface area contributed by atoms with E-state index in [9.17, 15) is 4.79 Å². The molecule has 0 spiro atoms. The fourth-order valence-electron chi connectivity index (χ4n) is 1.16. The number of hydrogen-bond donors (Lipinski definition) is 2. The van der Waals surface area contributed by atoms with Crippen molar-refractivity contribution in [3.63, 3.8) is 0 Å². The van der Waals surface area contributed by atoms with Crippen molar-refractivity contribution in [1.82, 2.24) is 10.3 Å². The van der Waals surface area contributed by atoms with Crippen LogP contribution in [0.1, 0.15) is 16.8 Å². The van der Waals surface area contributed by atoms with Gasteiger partial charge in [0.15, 0.2) is 0 Å². The molecule has 1 heterocycles. The monoisotopic (exact) mass is 274 g/mol. The van der Waals surface area contributed by atoms with E-state index < -0.39 is 0 Å². The Morgan fingerprint density at radius 2 is 2.35 bits per heavy atom. The van der Waals surface area contributed by atoms with Crippen molar-refractivity contribution in [2.75, 3.05) is 24.7 Å². The number of aliphatic hydroxyl groups excluding tert-OH is 1. The Bertz CT molecular complexity index is 363. The molecular formula is C11H15ClN2O2S. The quantitative estimate of drug-likeness (QED) is 0.741. The van der Waals surface area contributed by atoms with Gasteiger partial charge in [-0.15, -0.1) is 0 Å². The van der Waals surface area contributed by atoms with E-state index in [4.69, 9.17) is 16.7 Å². The van der Waals surface area contributed by atoms with Crippen molar-refractivity contribution in [3.05, 3.63) is 29.0 Å². The number of thioether (sulfide) groups is 1. The van der Waals surface area contributed by atoms with Crippen LogP contribution in [0.4, 0.5) is 0 Å². The first kappa shape index (κ1) is 14.3. The van der Waals surface area contributed by atoms with Gasteiger partial charge in [-0.05, 0) is 18.2 Å².